The van der Waals surface area contributed by atoms with Gasteiger partial charge < -0.3 is 15.4 Å². The summed E-state index contributed by atoms with van der Waals surface area (Å²) in [7, 11) is 0. The van der Waals surface area contributed by atoms with Gasteiger partial charge in [-0.3, -0.25) is 4.90 Å². The highest BCUT2D eigenvalue weighted by Gasteiger charge is 2.28. The summed E-state index contributed by atoms with van der Waals surface area (Å²) < 4.78 is 8.13. The molecular weight excluding hydrogens is 456 g/mol. The largest absolute Gasteiger partial charge is 0.378 e. The number of hydrogen-bond acceptors (Lipinski definition) is 11. The molecule has 1 saturated carbocycles. The van der Waals surface area contributed by atoms with Crippen LogP contribution in [0.5, 0.6) is 0 Å². The molecule has 0 amide bonds. The van der Waals surface area contributed by atoms with E-state index >= 15 is 0 Å². The van der Waals surface area contributed by atoms with Gasteiger partial charge in [-0.25, -0.2) is 24.2 Å². The van der Waals surface area contributed by atoms with E-state index in [-0.39, 0.29) is 5.95 Å². The van der Waals surface area contributed by atoms with E-state index < -0.39 is 0 Å². The van der Waals surface area contributed by atoms with Gasteiger partial charge >= 0.3 is 0 Å². The van der Waals surface area contributed by atoms with Crippen molar-refractivity contribution < 1.29 is 4.74 Å². The minimum atomic E-state index is 0.252. The predicted octanol–water partition coefficient (Wildman–Crippen LogP) is 2.50. The van der Waals surface area contributed by atoms with Gasteiger partial charge in [-0.2, -0.15) is 0 Å². The fourth-order valence-corrected chi connectivity index (χ4v) is 6.44. The van der Waals surface area contributed by atoms with Crippen molar-refractivity contribution in [3.63, 3.8) is 0 Å². The van der Waals surface area contributed by atoms with Crippen molar-refractivity contribution in [2.45, 2.75) is 24.6 Å². The van der Waals surface area contributed by atoms with Crippen LogP contribution in [-0.2, 0) is 11.3 Å². The molecule has 0 spiro atoms. The summed E-state index contributed by atoms with van der Waals surface area (Å²) in [5.74, 6) is 1.87. The SMILES string of the molecule is Nc1ncc(-c2nc(N3CCOCC3)c3cc(CN4CCN(SC5CC5)CC4)sc3n2)cn1. The van der Waals surface area contributed by atoms with Crippen LogP contribution in [0.15, 0.2) is 18.5 Å². The summed E-state index contributed by atoms with van der Waals surface area (Å²) in [6.45, 7) is 8.57. The summed E-state index contributed by atoms with van der Waals surface area (Å²) in [5.41, 5.74) is 6.46. The zero-order valence-electron chi connectivity index (χ0n) is 18.5. The van der Waals surface area contributed by atoms with Crippen LogP contribution in [0.4, 0.5) is 11.8 Å². The number of nitrogen functional groups attached to an aromatic ring is 1. The summed E-state index contributed by atoms with van der Waals surface area (Å²) in [6, 6.07) is 2.29. The molecule has 3 aliphatic rings. The molecule has 3 aromatic heterocycles. The van der Waals surface area contributed by atoms with Gasteiger partial charge in [0.1, 0.15) is 10.6 Å². The lowest BCUT2D eigenvalue weighted by molar-refractivity contribution is 0.122. The van der Waals surface area contributed by atoms with Gasteiger partial charge in [0.25, 0.3) is 0 Å². The molecule has 2 aliphatic heterocycles. The van der Waals surface area contributed by atoms with Crippen molar-refractivity contribution in [1.29, 1.82) is 0 Å². The Balaban J connectivity index is 1.26. The van der Waals surface area contributed by atoms with E-state index in [9.17, 15) is 0 Å². The number of rotatable bonds is 6. The van der Waals surface area contributed by atoms with E-state index in [2.05, 4.69) is 42.1 Å². The number of fused-ring (bicyclic) bond motifs is 1. The van der Waals surface area contributed by atoms with Gasteiger partial charge in [-0.15, -0.1) is 11.3 Å². The molecule has 5 heterocycles. The van der Waals surface area contributed by atoms with Crippen molar-refractivity contribution in [1.82, 2.24) is 29.1 Å². The molecule has 2 saturated heterocycles. The fourth-order valence-electron chi connectivity index (χ4n) is 4.23. The number of anilines is 2. The van der Waals surface area contributed by atoms with Gasteiger partial charge in [0.2, 0.25) is 5.95 Å². The van der Waals surface area contributed by atoms with Crippen molar-refractivity contribution in [2.24, 2.45) is 0 Å². The van der Waals surface area contributed by atoms with Crippen LogP contribution in [0.2, 0.25) is 0 Å². The second-order valence-corrected chi connectivity index (χ2v) is 11.3. The molecule has 0 radical (unpaired) electrons. The minimum Gasteiger partial charge on any atom is -0.378 e. The Morgan fingerprint density at radius 2 is 1.79 bits per heavy atom. The number of morpholine rings is 1. The highest BCUT2D eigenvalue weighted by Crippen LogP contribution is 2.37. The van der Waals surface area contributed by atoms with Crippen molar-refractivity contribution in [2.75, 3.05) is 63.1 Å². The van der Waals surface area contributed by atoms with Gasteiger partial charge in [0.15, 0.2) is 5.82 Å². The zero-order valence-corrected chi connectivity index (χ0v) is 20.2. The maximum Gasteiger partial charge on any atom is 0.219 e. The number of hydrogen-bond donors (Lipinski definition) is 1. The van der Waals surface area contributed by atoms with Crippen molar-refractivity contribution in [3.05, 3.63) is 23.3 Å². The van der Waals surface area contributed by atoms with E-state index in [0.29, 0.717) is 19.0 Å². The van der Waals surface area contributed by atoms with E-state index in [1.165, 1.54) is 17.7 Å². The van der Waals surface area contributed by atoms with E-state index in [4.69, 9.17) is 20.4 Å². The van der Waals surface area contributed by atoms with E-state index in [1.54, 1.807) is 23.7 Å². The van der Waals surface area contributed by atoms with Crippen LogP contribution in [-0.4, -0.2) is 86.9 Å². The molecular formula is C22H28N8OS2. The van der Waals surface area contributed by atoms with E-state index in [0.717, 1.165) is 72.7 Å². The molecule has 3 aromatic rings. The minimum absolute atomic E-state index is 0.252. The molecule has 1 aliphatic carbocycles. The Bertz CT molecular complexity index is 1110. The monoisotopic (exact) mass is 484 g/mol. The smallest absolute Gasteiger partial charge is 0.219 e. The van der Waals surface area contributed by atoms with Crippen LogP contribution in [0.1, 0.15) is 17.7 Å². The molecule has 6 rings (SSSR count). The Kier molecular flexibility index (Phi) is 6.05. The first kappa shape index (κ1) is 21.5. The normalized spacial score (nSPS) is 20.5. The molecule has 9 nitrogen and oxygen atoms in total. The number of nitrogens with two attached hydrogens (primary N) is 1. The first-order valence-electron chi connectivity index (χ1n) is 11.6. The van der Waals surface area contributed by atoms with Gasteiger partial charge in [-0.05, 0) is 18.9 Å². The molecule has 0 unspecified atom stereocenters. The topological polar surface area (TPSA) is 96.5 Å². The number of nitrogens with zero attached hydrogens (tertiary/aromatic N) is 7. The van der Waals surface area contributed by atoms with Crippen LogP contribution in [0.3, 0.4) is 0 Å². The molecule has 11 heteroatoms. The lowest BCUT2D eigenvalue weighted by Gasteiger charge is -2.33. The number of ether oxygens (including phenoxy) is 1. The Morgan fingerprint density at radius 1 is 1.03 bits per heavy atom. The Labute approximate surface area is 201 Å². The number of thiophene rings is 1. The highest BCUT2D eigenvalue weighted by molar-refractivity contribution is 7.97. The quantitative estimate of drug-likeness (QED) is 0.526. The number of aromatic nitrogens is 4. The third kappa shape index (κ3) is 4.92. The van der Waals surface area contributed by atoms with Gasteiger partial charge in [-0.1, -0.05) is 11.9 Å². The Morgan fingerprint density at radius 3 is 2.52 bits per heavy atom. The molecule has 0 aromatic carbocycles. The summed E-state index contributed by atoms with van der Waals surface area (Å²) in [6.07, 6.45) is 6.17. The second kappa shape index (κ2) is 9.30. The molecule has 2 N–H and O–H groups in total. The molecule has 174 valence electrons. The predicted molar refractivity (Wildman–Crippen MR) is 133 cm³/mol. The second-order valence-electron chi connectivity index (χ2n) is 8.74. The first-order valence-corrected chi connectivity index (χ1v) is 13.2. The average Bonchev–Trinajstić information content (AvgIpc) is 3.57. The Hall–Kier alpha value is -2.05. The van der Waals surface area contributed by atoms with Crippen LogP contribution < -0.4 is 10.6 Å². The highest BCUT2D eigenvalue weighted by atomic mass is 32.2. The standard InChI is InChI=1S/C22H28N8OS2/c23-22-24-12-15(13-25-22)19-26-20(29-7-9-31-10-8-29)18-11-17(32-21(18)27-19)14-28-3-5-30(6-4-28)33-16-1-2-16/h11-13,16H,1-10,14H2,(H2,23,24,25). The molecule has 33 heavy (non-hydrogen) atoms. The first-order chi connectivity index (χ1) is 16.2. The van der Waals surface area contributed by atoms with Crippen LogP contribution >= 0.6 is 23.3 Å². The summed E-state index contributed by atoms with van der Waals surface area (Å²) >= 11 is 3.84. The van der Waals surface area contributed by atoms with Crippen molar-refractivity contribution >= 4 is 45.3 Å². The van der Waals surface area contributed by atoms with Crippen molar-refractivity contribution in [3.8, 4) is 11.4 Å². The van der Waals surface area contributed by atoms with Gasteiger partial charge in [0, 0.05) is 68.3 Å². The lowest BCUT2D eigenvalue weighted by atomic mass is 10.2. The van der Waals surface area contributed by atoms with E-state index in [1.807, 2.05) is 0 Å². The average molecular weight is 485 g/mol. The molecule has 3 fully saturated rings. The molecule has 0 bridgehead atoms. The third-order valence-electron chi connectivity index (χ3n) is 6.20. The third-order valence-corrected chi connectivity index (χ3v) is 8.64. The van der Waals surface area contributed by atoms with Gasteiger partial charge in [0.05, 0.1) is 24.2 Å². The fraction of sp³-hybridized carbons (Fsp3) is 0.545. The lowest BCUT2D eigenvalue weighted by Crippen LogP contribution is -2.42. The summed E-state index contributed by atoms with van der Waals surface area (Å²) in [5, 5.41) is 2.01. The zero-order chi connectivity index (χ0) is 22.2. The van der Waals surface area contributed by atoms with Crippen LogP contribution in [0.25, 0.3) is 21.6 Å². The summed E-state index contributed by atoms with van der Waals surface area (Å²) in [4.78, 5) is 25.3. The maximum atomic E-state index is 5.68. The van der Waals surface area contributed by atoms with Crippen LogP contribution in [0, 0.1) is 0 Å². The molecule has 0 atom stereocenters. The maximum absolute atomic E-state index is 5.68. The number of piperazine rings is 1.